The van der Waals surface area contributed by atoms with Gasteiger partial charge in [0.25, 0.3) is 0 Å². The third kappa shape index (κ3) is 5.39. The Kier molecular flexibility index (Phi) is 7.76. The van der Waals surface area contributed by atoms with Crippen LogP contribution in [0.3, 0.4) is 0 Å². The van der Waals surface area contributed by atoms with Gasteiger partial charge in [-0.2, -0.15) is 5.10 Å². The van der Waals surface area contributed by atoms with E-state index in [9.17, 15) is 4.79 Å². The van der Waals surface area contributed by atoms with Crippen molar-refractivity contribution in [1.29, 1.82) is 0 Å². The fourth-order valence-electron chi connectivity index (χ4n) is 5.39. The predicted molar refractivity (Wildman–Crippen MR) is 160 cm³/mol. The average molecular weight is 559 g/mol. The molecule has 0 aliphatic carbocycles. The van der Waals surface area contributed by atoms with Crippen LogP contribution < -0.4 is 20.1 Å². The van der Waals surface area contributed by atoms with Gasteiger partial charge in [0, 0.05) is 22.0 Å². The minimum atomic E-state index is -0.379. The van der Waals surface area contributed by atoms with E-state index in [-0.39, 0.29) is 24.5 Å². The zero-order valence-corrected chi connectivity index (χ0v) is 24.3. The number of nitrogens with two attached hydrogens (primary N) is 1. The summed E-state index contributed by atoms with van der Waals surface area (Å²) in [6.07, 6.45) is 1.05. The van der Waals surface area contributed by atoms with Gasteiger partial charge in [-0.3, -0.25) is 9.89 Å². The first-order valence-electron chi connectivity index (χ1n) is 13.5. The number of amides is 1. The number of fused-ring (bicyclic) bond motifs is 1. The number of benzene rings is 3. The molecule has 3 N–H and O–H groups in total. The molecule has 0 spiro atoms. The average Bonchev–Trinajstić information content (AvgIpc) is 3.27. The molecule has 0 radical (unpaired) electrons. The molecule has 2 heterocycles. The van der Waals surface area contributed by atoms with Gasteiger partial charge in [0.2, 0.25) is 5.91 Å². The van der Waals surface area contributed by atoms with Crippen LogP contribution in [0.15, 0.2) is 60.7 Å². The van der Waals surface area contributed by atoms with Crippen molar-refractivity contribution in [3.63, 3.8) is 0 Å². The highest BCUT2D eigenvalue weighted by Crippen LogP contribution is 2.44. The van der Waals surface area contributed by atoms with Gasteiger partial charge < -0.3 is 20.1 Å². The predicted octanol–water partition coefficient (Wildman–Crippen LogP) is 6.99. The van der Waals surface area contributed by atoms with Crippen LogP contribution in [-0.2, 0) is 17.6 Å². The van der Waals surface area contributed by atoms with Crippen molar-refractivity contribution >= 4 is 29.0 Å². The Hall–Kier alpha value is -3.97. The second-order valence-corrected chi connectivity index (χ2v) is 11.3. The number of hydrogen-bond donors (Lipinski definition) is 2. The molecule has 1 amide bonds. The number of nitrogens with zero attached hydrogens (tertiary/aromatic N) is 2. The first-order valence-corrected chi connectivity index (χ1v) is 13.9. The zero-order chi connectivity index (χ0) is 28.6. The molecule has 1 atom stereocenters. The second-order valence-electron chi connectivity index (χ2n) is 10.9. The molecule has 0 saturated carbocycles. The number of nitrogens with one attached hydrogen (secondary N) is 1. The number of methoxy groups -OCH3 is 1. The molecular formula is C32H35ClN4O3. The smallest absolute Gasteiger partial charge is 0.232 e. The topological polar surface area (TPSA) is 93.5 Å². The third-order valence-electron chi connectivity index (χ3n) is 7.05. The molecule has 40 heavy (non-hydrogen) atoms. The second kappa shape index (κ2) is 11.3. The molecular weight excluding hydrogens is 524 g/mol. The van der Waals surface area contributed by atoms with Crippen molar-refractivity contribution in [2.75, 3.05) is 17.7 Å². The number of nitrogen functional groups attached to an aromatic ring is 1. The molecule has 8 heteroatoms. The van der Waals surface area contributed by atoms with E-state index in [1.54, 1.807) is 7.11 Å². The largest absolute Gasteiger partial charge is 0.493 e. The summed E-state index contributed by atoms with van der Waals surface area (Å²) in [6.45, 7) is 8.28. The normalized spacial score (nSPS) is 15.1. The van der Waals surface area contributed by atoms with Crippen molar-refractivity contribution in [1.82, 2.24) is 10.2 Å². The summed E-state index contributed by atoms with van der Waals surface area (Å²) in [5.74, 6) is 2.17. The highest BCUT2D eigenvalue weighted by atomic mass is 35.5. The molecule has 1 unspecified atom stereocenters. The van der Waals surface area contributed by atoms with Crippen LogP contribution in [0.4, 0.5) is 11.5 Å². The third-order valence-corrected chi connectivity index (χ3v) is 7.30. The van der Waals surface area contributed by atoms with E-state index in [4.69, 9.17) is 26.8 Å². The number of anilines is 2. The van der Waals surface area contributed by atoms with Gasteiger partial charge in [-0.05, 0) is 84.8 Å². The number of ether oxygens (including phenoxy) is 2. The van der Waals surface area contributed by atoms with Crippen LogP contribution in [0.5, 0.6) is 11.5 Å². The first kappa shape index (κ1) is 27.6. The zero-order valence-electron chi connectivity index (χ0n) is 23.5. The van der Waals surface area contributed by atoms with Gasteiger partial charge in [-0.15, -0.1) is 0 Å². The Balaban J connectivity index is 1.61. The summed E-state index contributed by atoms with van der Waals surface area (Å²) < 4.78 is 11.7. The van der Waals surface area contributed by atoms with Gasteiger partial charge >= 0.3 is 0 Å². The van der Waals surface area contributed by atoms with E-state index in [0.717, 1.165) is 45.6 Å². The Morgan fingerprint density at radius 1 is 1.05 bits per heavy atom. The molecule has 5 rings (SSSR count). The maximum Gasteiger partial charge on any atom is 0.232 e. The Morgan fingerprint density at radius 2 is 1.75 bits per heavy atom. The quantitative estimate of drug-likeness (QED) is 0.243. The van der Waals surface area contributed by atoms with E-state index in [0.29, 0.717) is 28.3 Å². The molecule has 1 aliphatic heterocycles. The fourth-order valence-corrected chi connectivity index (χ4v) is 5.52. The lowest BCUT2D eigenvalue weighted by molar-refractivity contribution is -0.118. The molecule has 208 valence electrons. The summed E-state index contributed by atoms with van der Waals surface area (Å²) >= 11 is 6.24. The van der Waals surface area contributed by atoms with E-state index in [1.807, 2.05) is 79.4 Å². The summed E-state index contributed by atoms with van der Waals surface area (Å²) in [5, 5.41) is 7.98. The number of halogens is 1. The minimum absolute atomic E-state index is 0.0110. The van der Waals surface area contributed by atoms with Crippen LogP contribution in [0.1, 0.15) is 56.1 Å². The first-order chi connectivity index (χ1) is 19.2. The van der Waals surface area contributed by atoms with Gasteiger partial charge in [0.15, 0.2) is 17.3 Å². The summed E-state index contributed by atoms with van der Waals surface area (Å²) in [7, 11) is 1.61. The molecule has 1 aromatic heterocycles. The lowest BCUT2D eigenvalue weighted by Gasteiger charge is -2.38. The number of aromatic nitrogens is 2. The molecule has 3 aromatic carbocycles. The van der Waals surface area contributed by atoms with Crippen LogP contribution in [0, 0.1) is 5.92 Å². The van der Waals surface area contributed by atoms with Gasteiger partial charge in [-0.25, -0.2) is 0 Å². The van der Waals surface area contributed by atoms with Crippen molar-refractivity contribution in [3.8, 4) is 22.6 Å². The van der Waals surface area contributed by atoms with E-state index >= 15 is 0 Å². The molecule has 0 saturated heterocycles. The van der Waals surface area contributed by atoms with Crippen molar-refractivity contribution < 1.29 is 14.3 Å². The molecule has 0 bridgehead atoms. The highest BCUT2D eigenvalue weighted by Gasteiger charge is 2.36. The number of carbonyl (C=O) groups is 1. The number of carbonyl (C=O) groups excluding carboxylic acids is 1. The van der Waals surface area contributed by atoms with Gasteiger partial charge in [0.1, 0.15) is 0 Å². The monoisotopic (exact) mass is 558 g/mol. The van der Waals surface area contributed by atoms with Crippen molar-refractivity contribution in [3.05, 3.63) is 88.1 Å². The molecule has 7 nitrogen and oxygen atoms in total. The summed E-state index contributed by atoms with van der Waals surface area (Å²) in [4.78, 5) is 15.7. The lowest BCUT2D eigenvalue weighted by Crippen LogP contribution is -2.41. The van der Waals surface area contributed by atoms with Gasteiger partial charge in [-0.1, -0.05) is 49.7 Å². The molecule has 4 aromatic rings. The number of H-pyrrole nitrogens is 1. The standard InChI is InChI=1S/C32H35ClN4O3/c1-18(2)14-26-30(32(34)36-35-26)20-8-12-24(13-9-20)37-29(38)16-22-15-27(39-5)28(40-19(3)4)17-25(22)31(37)21-6-10-23(33)11-7-21/h6-13,15,17-19,31H,14,16H2,1-5H3,(H3,34,35,36). The highest BCUT2D eigenvalue weighted by molar-refractivity contribution is 6.30. The van der Waals surface area contributed by atoms with Crippen LogP contribution >= 0.6 is 11.6 Å². The van der Waals surface area contributed by atoms with E-state index in [2.05, 4.69) is 24.0 Å². The van der Waals surface area contributed by atoms with Crippen LogP contribution in [0.25, 0.3) is 11.1 Å². The van der Waals surface area contributed by atoms with E-state index < -0.39 is 0 Å². The lowest BCUT2D eigenvalue weighted by atomic mass is 9.86. The van der Waals surface area contributed by atoms with Gasteiger partial charge in [0.05, 0.1) is 25.7 Å². The molecule has 1 aliphatic rings. The number of aromatic amines is 1. The van der Waals surface area contributed by atoms with E-state index in [1.165, 1.54) is 0 Å². The maximum absolute atomic E-state index is 13.8. The molecule has 0 fully saturated rings. The summed E-state index contributed by atoms with van der Waals surface area (Å²) in [6, 6.07) is 19.1. The Morgan fingerprint density at radius 3 is 2.38 bits per heavy atom. The number of hydrogen-bond acceptors (Lipinski definition) is 5. The minimum Gasteiger partial charge on any atom is -0.493 e. The fraction of sp³-hybridized carbons (Fsp3) is 0.312. The van der Waals surface area contributed by atoms with Crippen LogP contribution in [0.2, 0.25) is 5.02 Å². The van der Waals surface area contributed by atoms with Crippen LogP contribution in [-0.4, -0.2) is 29.3 Å². The SMILES string of the molecule is COc1cc2c(cc1OC(C)C)C(c1ccc(Cl)cc1)N(c1ccc(-c3c(N)n[nH]c3CC(C)C)cc1)C(=O)C2. The Bertz CT molecular complexity index is 1510. The summed E-state index contributed by atoms with van der Waals surface area (Å²) in [5.41, 5.74) is 12.8. The van der Waals surface area contributed by atoms with Crippen molar-refractivity contribution in [2.45, 2.75) is 52.7 Å². The maximum atomic E-state index is 13.8. The number of rotatable bonds is 8. The Labute approximate surface area is 240 Å². The van der Waals surface area contributed by atoms with Crippen molar-refractivity contribution in [2.24, 2.45) is 5.92 Å².